The van der Waals surface area contributed by atoms with Gasteiger partial charge in [0.2, 0.25) is 0 Å². The normalized spacial score (nSPS) is 13.2. The van der Waals surface area contributed by atoms with Gasteiger partial charge in [0.15, 0.2) is 0 Å². The maximum Gasteiger partial charge on any atom is 0.0613 e. The molecule has 0 aliphatic heterocycles. The molecule has 4 heteroatoms. The Balaban J connectivity index is 2.26. The van der Waals surface area contributed by atoms with Crippen molar-refractivity contribution in [3.63, 3.8) is 0 Å². The Morgan fingerprint density at radius 3 is 3.00 bits per heavy atom. The van der Waals surface area contributed by atoms with Crippen molar-refractivity contribution in [1.29, 1.82) is 0 Å². The standard InChI is InChI=1S/C9H14BrNOS/c1-7(5-12-2)11-4-9-3-8(10)6-13-9/h3,6-7,11H,4-5H2,1-2H3/t7-/m1/s1. The lowest BCUT2D eigenvalue weighted by molar-refractivity contribution is 0.172. The molecular formula is C9H14BrNOS. The molecule has 1 atom stereocenters. The molecule has 1 heterocycles. The van der Waals surface area contributed by atoms with Gasteiger partial charge in [-0.15, -0.1) is 11.3 Å². The molecule has 0 amide bonds. The third kappa shape index (κ3) is 4.22. The summed E-state index contributed by atoms with van der Waals surface area (Å²) in [7, 11) is 1.72. The molecule has 1 aromatic rings. The van der Waals surface area contributed by atoms with Crippen LogP contribution in [0.3, 0.4) is 0 Å². The van der Waals surface area contributed by atoms with Crippen LogP contribution in [-0.4, -0.2) is 19.8 Å². The number of thiophene rings is 1. The molecule has 74 valence electrons. The van der Waals surface area contributed by atoms with E-state index < -0.39 is 0 Å². The van der Waals surface area contributed by atoms with Gasteiger partial charge in [-0.05, 0) is 28.9 Å². The SMILES string of the molecule is COC[C@@H](C)NCc1cc(Br)cs1. The van der Waals surface area contributed by atoms with E-state index in [0.717, 1.165) is 17.6 Å². The first-order chi connectivity index (χ1) is 6.22. The van der Waals surface area contributed by atoms with Crippen molar-refractivity contribution in [2.45, 2.75) is 19.5 Å². The largest absolute Gasteiger partial charge is 0.383 e. The van der Waals surface area contributed by atoms with Gasteiger partial charge < -0.3 is 10.1 Å². The van der Waals surface area contributed by atoms with Crippen molar-refractivity contribution in [1.82, 2.24) is 5.32 Å². The van der Waals surface area contributed by atoms with E-state index in [9.17, 15) is 0 Å². The molecule has 1 aromatic heterocycles. The highest BCUT2D eigenvalue weighted by atomic mass is 79.9. The minimum Gasteiger partial charge on any atom is -0.383 e. The van der Waals surface area contributed by atoms with Crippen LogP contribution in [0.15, 0.2) is 15.9 Å². The van der Waals surface area contributed by atoms with Gasteiger partial charge >= 0.3 is 0 Å². The van der Waals surface area contributed by atoms with Gasteiger partial charge in [0, 0.05) is 34.4 Å². The zero-order chi connectivity index (χ0) is 9.68. The summed E-state index contributed by atoms with van der Waals surface area (Å²) < 4.78 is 6.19. The monoisotopic (exact) mass is 263 g/mol. The predicted octanol–water partition coefficient (Wildman–Crippen LogP) is 2.64. The van der Waals surface area contributed by atoms with Crippen LogP contribution in [0.2, 0.25) is 0 Å². The third-order valence-electron chi connectivity index (χ3n) is 1.66. The van der Waals surface area contributed by atoms with Gasteiger partial charge in [0.1, 0.15) is 0 Å². The Hall–Kier alpha value is 0.1000. The Labute approximate surface area is 91.4 Å². The molecule has 0 saturated heterocycles. The van der Waals surface area contributed by atoms with Crippen LogP contribution in [0.1, 0.15) is 11.8 Å². The number of rotatable bonds is 5. The molecule has 1 rings (SSSR count). The first kappa shape index (κ1) is 11.2. The first-order valence-corrected chi connectivity index (χ1v) is 5.85. The van der Waals surface area contributed by atoms with Crippen molar-refractivity contribution >= 4 is 27.3 Å². The summed E-state index contributed by atoms with van der Waals surface area (Å²) in [6.45, 7) is 3.79. The minimum absolute atomic E-state index is 0.408. The number of hydrogen-bond donors (Lipinski definition) is 1. The summed E-state index contributed by atoms with van der Waals surface area (Å²) in [5.41, 5.74) is 0. The van der Waals surface area contributed by atoms with E-state index in [-0.39, 0.29) is 0 Å². The molecule has 0 radical (unpaired) electrons. The molecule has 0 aromatic carbocycles. The molecular weight excluding hydrogens is 250 g/mol. The van der Waals surface area contributed by atoms with Gasteiger partial charge in [-0.1, -0.05) is 0 Å². The van der Waals surface area contributed by atoms with E-state index in [1.54, 1.807) is 18.4 Å². The van der Waals surface area contributed by atoms with Crippen LogP contribution in [0.5, 0.6) is 0 Å². The molecule has 0 fully saturated rings. The molecule has 0 bridgehead atoms. The summed E-state index contributed by atoms with van der Waals surface area (Å²) in [6.07, 6.45) is 0. The van der Waals surface area contributed by atoms with E-state index >= 15 is 0 Å². The van der Waals surface area contributed by atoms with E-state index in [4.69, 9.17) is 4.74 Å². The highest BCUT2D eigenvalue weighted by Crippen LogP contribution is 2.19. The molecule has 13 heavy (non-hydrogen) atoms. The van der Waals surface area contributed by atoms with Gasteiger partial charge in [-0.25, -0.2) is 0 Å². The van der Waals surface area contributed by atoms with E-state index in [0.29, 0.717) is 6.04 Å². The lowest BCUT2D eigenvalue weighted by Crippen LogP contribution is -2.29. The number of methoxy groups -OCH3 is 1. The summed E-state index contributed by atoms with van der Waals surface area (Å²) in [5.74, 6) is 0. The number of nitrogens with one attached hydrogen (secondary N) is 1. The van der Waals surface area contributed by atoms with Crippen molar-refractivity contribution in [3.8, 4) is 0 Å². The van der Waals surface area contributed by atoms with Crippen LogP contribution in [0.25, 0.3) is 0 Å². The Morgan fingerprint density at radius 2 is 2.46 bits per heavy atom. The fraction of sp³-hybridized carbons (Fsp3) is 0.556. The maximum atomic E-state index is 5.03. The quantitative estimate of drug-likeness (QED) is 0.882. The lowest BCUT2D eigenvalue weighted by Gasteiger charge is -2.11. The summed E-state index contributed by atoms with van der Waals surface area (Å²) in [6, 6.07) is 2.54. The second-order valence-corrected chi connectivity index (χ2v) is 4.88. The lowest BCUT2D eigenvalue weighted by atomic mass is 10.3. The zero-order valence-electron chi connectivity index (χ0n) is 7.84. The Bertz CT molecular complexity index is 252. The zero-order valence-corrected chi connectivity index (χ0v) is 10.2. The maximum absolute atomic E-state index is 5.03. The predicted molar refractivity (Wildman–Crippen MR) is 60.2 cm³/mol. The fourth-order valence-corrected chi connectivity index (χ4v) is 2.43. The molecule has 2 nitrogen and oxygen atoms in total. The molecule has 0 unspecified atom stereocenters. The fourth-order valence-electron chi connectivity index (χ4n) is 1.03. The topological polar surface area (TPSA) is 21.3 Å². The average molecular weight is 264 g/mol. The average Bonchev–Trinajstić information content (AvgIpc) is 2.49. The molecule has 0 spiro atoms. The highest BCUT2D eigenvalue weighted by molar-refractivity contribution is 9.10. The van der Waals surface area contributed by atoms with Gasteiger partial charge in [-0.3, -0.25) is 0 Å². The third-order valence-corrected chi connectivity index (χ3v) is 3.36. The van der Waals surface area contributed by atoms with Crippen molar-refractivity contribution < 1.29 is 4.74 Å². The molecule has 0 saturated carbocycles. The molecule has 1 N–H and O–H groups in total. The number of ether oxygens (including phenoxy) is 1. The molecule has 0 aliphatic rings. The highest BCUT2D eigenvalue weighted by Gasteiger charge is 2.01. The van der Waals surface area contributed by atoms with Crippen molar-refractivity contribution in [2.75, 3.05) is 13.7 Å². The smallest absolute Gasteiger partial charge is 0.0613 e. The van der Waals surface area contributed by atoms with Crippen LogP contribution >= 0.6 is 27.3 Å². The van der Waals surface area contributed by atoms with Gasteiger partial charge in [-0.2, -0.15) is 0 Å². The second-order valence-electron chi connectivity index (χ2n) is 2.97. The number of hydrogen-bond acceptors (Lipinski definition) is 3. The van der Waals surface area contributed by atoms with E-state index in [1.807, 2.05) is 0 Å². The number of halogens is 1. The van der Waals surface area contributed by atoms with E-state index in [2.05, 4.69) is 39.6 Å². The van der Waals surface area contributed by atoms with Crippen LogP contribution in [0.4, 0.5) is 0 Å². The molecule has 0 aliphatic carbocycles. The van der Waals surface area contributed by atoms with Crippen LogP contribution in [-0.2, 0) is 11.3 Å². The summed E-state index contributed by atoms with van der Waals surface area (Å²) in [5, 5.41) is 5.47. The van der Waals surface area contributed by atoms with Crippen molar-refractivity contribution in [3.05, 3.63) is 20.8 Å². The van der Waals surface area contributed by atoms with Crippen LogP contribution in [0, 0.1) is 0 Å². The van der Waals surface area contributed by atoms with Gasteiger partial charge in [0.25, 0.3) is 0 Å². The summed E-state index contributed by atoms with van der Waals surface area (Å²) >= 11 is 5.19. The Morgan fingerprint density at radius 1 is 1.69 bits per heavy atom. The summed E-state index contributed by atoms with van der Waals surface area (Å²) in [4.78, 5) is 1.34. The van der Waals surface area contributed by atoms with E-state index in [1.165, 1.54) is 4.88 Å². The minimum atomic E-state index is 0.408. The Kier molecular flexibility index (Phi) is 4.94. The van der Waals surface area contributed by atoms with Crippen LogP contribution < -0.4 is 5.32 Å². The second kappa shape index (κ2) is 5.75. The first-order valence-electron chi connectivity index (χ1n) is 4.17. The van der Waals surface area contributed by atoms with Crippen molar-refractivity contribution in [2.24, 2.45) is 0 Å². The van der Waals surface area contributed by atoms with Gasteiger partial charge in [0.05, 0.1) is 6.61 Å².